The molecular weight excluding hydrogens is 396 g/mol. The summed E-state index contributed by atoms with van der Waals surface area (Å²) in [6.45, 7) is 2.72. The van der Waals surface area contributed by atoms with E-state index < -0.39 is 0 Å². The fourth-order valence-electron chi connectivity index (χ4n) is 1.62. The lowest BCUT2D eigenvalue weighted by atomic mass is 10.2. The van der Waals surface area contributed by atoms with Gasteiger partial charge in [-0.15, -0.1) is 0 Å². The van der Waals surface area contributed by atoms with Crippen molar-refractivity contribution in [3.05, 3.63) is 8.95 Å². The van der Waals surface area contributed by atoms with Crippen LogP contribution in [0.5, 0.6) is 11.5 Å². The van der Waals surface area contributed by atoms with Crippen LogP contribution in [0.4, 0.5) is 11.4 Å². The van der Waals surface area contributed by atoms with Crippen molar-refractivity contribution in [2.45, 2.75) is 13.8 Å². The molecule has 110 valence electrons. The van der Waals surface area contributed by atoms with E-state index >= 15 is 0 Å². The van der Waals surface area contributed by atoms with Crippen molar-refractivity contribution in [2.24, 2.45) is 0 Å². The molecule has 6 nitrogen and oxygen atoms in total. The van der Waals surface area contributed by atoms with Crippen LogP contribution in [0.3, 0.4) is 0 Å². The molecule has 0 spiro atoms. The molecule has 1 aromatic carbocycles. The van der Waals surface area contributed by atoms with Crippen molar-refractivity contribution in [1.29, 1.82) is 0 Å². The molecule has 2 N–H and O–H groups in total. The van der Waals surface area contributed by atoms with E-state index in [4.69, 9.17) is 9.47 Å². The monoisotopic (exact) mass is 408 g/mol. The van der Waals surface area contributed by atoms with E-state index in [9.17, 15) is 9.59 Å². The second-order valence-electron chi connectivity index (χ2n) is 3.81. The third-order valence-electron chi connectivity index (χ3n) is 2.31. The summed E-state index contributed by atoms with van der Waals surface area (Å²) in [7, 11) is 2.92. The molecule has 0 radical (unpaired) electrons. The molecule has 8 heteroatoms. The van der Waals surface area contributed by atoms with Crippen molar-refractivity contribution in [1.82, 2.24) is 0 Å². The Bertz CT molecular complexity index is 512. The van der Waals surface area contributed by atoms with E-state index in [0.717, 1.165) is 0 Å². The lowest BCUT2D eigenvalue weighted by molar-refractivity contribution is -0.115. The SMILES string of the molecule is COc1c(Br)c(Br)c(OC)c(NC(C)=O)c1NC(C)=O. The summed E-state index contributed by atoms with van der Waals surface area (Å²) in [5.74, 6) is 0.144. The maximum Gasteiger partial charge on any atom is 0.221 e. The number of hydrogen-bond acceptors (Lipinski definition) is 4. The number of halogens is 2. The van der Waals surface area contributed by atoms with Crippen LogP contribution in [0, 0.1) is 0 Å². The van der Waals surface area contributed by atoms with Crippen LogP contribution in [0.15, 0.2) is 8.95 Å². The molecule has 0 atom stereocenters. The summed E-state index contributed by atoms with van der Waals surface area (Å²) < 4.78 is 11.7. The predicted molar refractivity (Wildman–Crippen MR) is 83.6 cm³/mol. The van der Waals surface area contributed by atoms with Gasteiger partial charge in [0, 0.05) is 13.8 Å². The highest BCUT2D eigenvalue weighted by molar-refractivity contribution is 9.13. The lowest BCUT2D eigenvalue weighted by Gasteiger charge is -2.20. The van der Waals surface area contributed by atoms with Crippen LogP contribution in [0.1, 0.15) is 13.8 Å². The Morgan fingerprint density at radius 1 is 0.850 bits per heavy atom. The van der Waals surface area contributed by atoms with Gasteiger partial charge in [-0.3, -0.25) is 9.59 Å². The smallest absolute Gasteiger partial charge is 0.221 e. The van der Waals surface area contributed by atoms with Gasteiger partial charge in [-0.2, -0.15) is 0 Å². The van der Waals surface area contributed by atoms with Crippen LogP contribution in [0.2, 0.25) is 0 Å². The van der Waals surface area contributed by atoms with Crippen molar-refractivity contribution in [2.75, 3.05) is 24.9 Å². The van der Waals surface area contributed by atoms with Gasteiger partial charge < -0.3 is 20.1 Å². The minimum absolute atomic E-state index is 0.300. The van der Waals surface area contributed by atoms with Crippen molar-refractivity contribution >= 4 is 55.0 Å². The van der Waals surface area contributed by atoms with Gasteiger partial charge in [0.1, 0.15) is 11.4 Å². The standard InChI is InChI=1S/C12H14Br2N2O4/c1-5(17)15-9-10(16-6(2)18)12(20-4)8(14)7(13)11(9)19-3/h1-4H3,(H,15,17)(H,16,18). The summed E-state index contributed by atoms with van der Waals surface area (Å²) in [5, 5.41) is 5.26. The molecule has 1 aromatic rings. The Kier molecular flexibility index (Phi) is 5.82. The highest BCUT2D eigenvalue weighted by atomic mass is 79.9. The number of anilines is 2. The first-order chi connectivity index (χ1) is 9.33. The maximum absolute atomic E-state index is 11.4. The quantitative estimate of drug-likeness (QED) is 0.800. The first-order valence-electron chi connectivity index (χ1n) is 5.51. The van der Waals surface area contributed by atoms with E-state index in [2.05, 4.69) is 42.5 Å². The molecule has 0 aliphatic rings. The van der Waals surface area contributed by atoms with Gasteiger partial charge >= 0.3 is 0 Å². The number of methoxy groups -OCH3 is 2. The molecule has 20 heavy (non-hydrogen) atoms. The molecule has 0 aliphatic heterocycles. The maximum atomic E-state index is 11.4. The Balaban J connectivity index is 3.67. The second kappa shape index (κ2) is 6.94. The topological polar surface area (TPSA) is 76.7 Å². The lowest BCUT2D eigenvalue weighted by Crippen LogP contribution is -2.15. The normalized spacial score (nSPS) is 9.90. The van der Waals surface area contributed by atoms with Gasteiger partial charge in [-0.1, -0.05) is 0 Å². The van der Waals surface area contributed by atoms with Gasteiger partial charge in [-0.25, -0.2) is 0 Å². The Hall–Kier alpha value is -1.28. The van der Waals surface area contributed by atoms with Crippen LogP contribution < -0.4 is 20.1 Å². The molecular formula is C12H14Br2N2O4. The number of carbonyl (C=O) groups excluding carboxylic acids is 2. The average molecular weight is 410 g/mol. The second-order valence-corrected chi connectivity index (χ2v) is 5.39. The van der Waals surface area contributed by atoms with E-state index in [-0.39, 0.29) is 11.8 Å². The first-order valence-corrected chi connectivity index (χ1v) is 7.10. The molecule has 0 unspecified atom stereocenters. The van der Waals surface area contributed by atoms with Crippen molar-refractivity contribution < 1.29 is 19.1 Å². The zero-order valence-electron chi connectivity index (χ0n) is 11.4. The largest absolute Gasteiger partial charge is 0.493 e. The van der Waals surface area contributed by atoms with E-state index in [0.29, 0.717) is 31.8 Å². The highest BCUT2D eigenvalue weighted by Crippen LogP contribution is 2.51. The van der Waals surface area contributed by atoms with Gasteiger partial charge in [-0.05, 0) is 31.9 Å². The van der Waals surface area contributed by atoms with E-state index in [1.807, 2.05) is 0 Å². The van der Waals surface area contributed by atoms with Gasteiger partial charge in [0.25, 0.3) is 0 Å². The summed E-state index contributed by atoms with van der Waals surface area (Å²) in [6, 6.07) is 0. The molecule has 1 rings (SSSR count). The molecule has 2 amide bonds. The minimum atomic E-state index is -0.300. The molecule has 0 aromatic heterocycles. The zero-order chi connectivity index (χ0) is 15.4. The Labute approximate surface area is 133 Å². The fraction of sp³-hybridized carbons (Fsp3) is 0.333. The minimum Gasteiger partial charge on any atom is -0.493 e. The Morgan fingerprint density at radius 3 is 1.35 bits per heavy atom. The number of hydrogen-bond donors (Lipinski definition) is 2. The highest BCUT2D eigenvalue weighted by Gasteiger charge is 2.24. The third-order valence-corrected chi connectivity index (χ3v) is 4.35. The van der Waals surface area contributed by atoms with Crippen LogP contribution in [-0.4, -0.2) is 26.0 Å². The summed E-state index contributed by atoms with van der Waals surface area (Å²) in [6.07, 6.45) is 0. The van der Waals surface area contributed by atoms with Crippen LogP contribution in [0.25, 0.3) is 0 Å². The molecule has 0 bridgehead atoms. The van der Waals surface area contributed by atoms with Crippen LogP contribution in [-0.2, 0) is 9.59 Å². The molecule has 0 fully saturated rings. The zero-order valence-corrected chi connectivity index (χ0v) is 14.6. The van der Waals surface area contributed by atoms with Gasteiger partial charge in [0.2, 0.25) is 11.8 Å². The van der Waals surface area contributed by atoms with E-state index in [1.165, 1.54) is 28.1 Å². The molecule has 0 saturated carbocycles. The predicted octanol–water partition coefficient (Wildman–Crippen LogP) is 3.15. The average Bonchev–Trinajstić information content (AvgIpc) is 2.35. The number of benzene rings is 1. The van der Waals surface area contributed by atoms with Gasteiger partial charge in [0.15, 0.2) is 11.5 Å². The van der Waals surface area contributed by atoms with Gasteiger partial charge in [0.05, 0.1) is 23.2 Å². The number of amides is 2. The first kappa shape index (κ1) is 16.8. The van der Waals surface area contributed by atoms with Crippen LogP contribution >= 0.6 is 31.9 Å². The van der Waals surface area contributed by atoms with Crippen molar-refractivity contribution in [3.63, 3.8) is 0 Å². The molecule has 0 saturated heterocycles. The number of ether oxygens (including phenoxy) is 2. The summed E-state index contributed by atoms with van der Waals surface area (Å²) in [4.78, 5) is 22.7. The number of nitrogens with one attached hydrogen (secondary N) is 2. The Morgan fingerprint density at radius 2 is 1.15 bits per heavy atom. The van der Waals surface area contributed by atoms with E-state index in [1.54, 1.807) is 0 Å². The van der Waals surface area contributed by atoms with Crippen molar-refractivity contribution in [3.8, 4) is 11.5 Å². The molecule has 0 aliphatic carbocycles. The summed E-state index contributed by atoms with van der Waals surface area (Å²) in [5.41, 5.74) is 0.643. The fourth-order valence-corrected chi connectivity index (χ4v) is 2.70. The summed E-state index contributed by atoms with van der Waals surface area (Å²) >= 11 is 6.71. The number of carbonyl (C=O) groups is 2. The molecule has 0 heterocycles. The number of rotatable bonds is 4. The third kappa shape index (κ3) is 3.43.